The number of nitrogens with two attached hydrogens (primary N) is 1. The molecule has 2 aromatic rings. The SMILES string of the molecule is CCOC(=CN=O)N(Cc1ccc(CP(=O)(OCC)OCC)cc1)c1cc(OCCOC)nc(N)c1C. The maximum atomic E-state index is 12.9. The molecule has 0 saturated carbocycles. The van der Waals surface area contributed by atoms with Crippen molar-refractivity contribution in [3.05, 3.63) is 64.0 Å². The van der Waals surface area contributed by atoms with Gasteiger partial charge in [0.25, 0.3) is 0 Å². The average molecular weight is 537 g/mol. The van der Waals surface area contributed by atoms with E-state index in [1.54, 1.807) is 31.9 Å². The minimum absolute atomic E-state index is 0.167. The van der Waals surface area contributed by atoms with Gasteiger partial charge in [-0.25, -0.2) is 0 Å². The molecule has 0 radical (unpaired) electrons. The summed E-state index contributed by atoms with van der Waals surface area (Å²) in [5, 5.41) is 2.93. The minimum Gasteiger partial charge on any atom is -0.478 e. The van der Waals surface area contributed by atoms with E-state index < -0.39 is 7.60 Å². The molecule has 0 spiro atoms. The fourth-order valence-electron chi connectivity index (χ4n) is 3.51. The Kier molecular flexibility index (Phi) is 12.5. The van der Waals surface area contributed by atoms with Crippen molar-refractivity contribution in [3.8, 4) is 5.88 Å². The molecule has 1 heterocycles. The molecule has 0 aliphatic heterocycles. The summed E-state index contributed by atoms with van der Waals surface area (Å²) >= 11 is 0. The molecule has 0 amide bonds. The molecular weight excluding hydrogens is 499 g/mol. The Morgan fingerprint density at radius 3 is 2.30 bits per heavy atom. The van der Waals surface area contributed by atoms with Crippen LogP contribution in [0.2, 0.25) is 0 Å². The first-order valence-corrected chi connectivity index (χ1v) is 13.8. The van der Waals surface area contributed by atoms with E-state index in [4.69, 9.17) is 29.0 Å². The first kappa shape index (κ1) is 30.2. The van der Waals surface area contributed by atoms with Crippen molar-refractivity contribution >= 4 is 19.1 Å². The molecule has 1 aromatic heterocycles. The number of rotatable bonds is 17. The van der Waals surface area contributed by atoms with Crippen LogP contribution in [0.5, 0.6) is 5.88 Å². The Morgan fingerprint density at radius 1 is 1.08 bits per heavy atom. The van der Waals surface area contributed by atoms with Crippen molar-refractivity contribution in [2.45, 2.75) is 40.4 Å². The van der Waals surface area contributed by atoms with Crippen molar-refractivity contribution in [1.29, 1.82) is 0 Å². The van der Waals surface area contributed by atoms with Crippen LogP contribution < -0.4 is 15.4 Å². The molecule has 2 N–H and O–H groups in total. The average Bonchev–Trinajstić information content (AvgIpc) is 2.86. The number of methoxy groups -OCH3 is 1. The number of nitroso groups, excluding NO2 is 1. The number of pyridine rings is 1. The van der Waals surface area contributed by atoms with Gasteiger partial charge >= 0.3 is 7.60 Å². The van der Waals surface area contributed by atoms with Crippen LogP contribution >= 0.6 is 7.60 Å². The summed E-state index contributed by atoms with van der Waals surface area (Å²) in [6, 6.07) is 9.27. The van der Waals surface area contributed by atoms with Gasteiger partial charge in [0.1, 0.15) is 18.6 Å². The third-order valence-electron chi connectivity index (χ3n) is 5.20. The monoisotopic (exact) mass is 536 g/mol. The largest absolute Gasteiger partial charge is 0.478 e. The van der Waals surface area contributed by atoms with Gasteiger partial charge in [0, 0.05) is 18.7 Å². The van der Waals surface area contributed by atoms with E-state index in [2.05, 4.69) is 10.2 Å². The third-order valence-corrected chi connectivity index (χ3v) is 7.26. The molecule has 37 heavy (non-hydrogen) atoms. The molecule has 0 aliphatic rings. The van der Waals surface area contributed by atoms with Crippen molar-refractivity contribution in [1.82, 2.24) is 4.98 Å². The highest BCUT2D eigenvalue weighted by atomic mass is 31.2. The fraction of sp³-hybridized carbons (Fsp3) is 0.480. The summed E-state index contributed by atoms with van der Waals surface area (Å²) in [6.45, 7) is 9.11. The van der Waals surface area contributed by atoms with Crippen LogP contribution in [0.3, 0.4) is 0 Å². The fourth-order valence-corrected chi connectivity index (χ4v) is 5.21. The smallest absolute Gasteiger partial charge is 0.335 e. The molecule has 0 saturated heterocycles. The van der Waals surface area contributed by atoms with Crippen LogP contribution in [0.15, 0.2) is 47.6 Å². The maximum Gasteiger partial charge on any atom is 0.335 e. The van der Waals surface area contributed by atoms with Crippen LogP contribution in [0.1, 0.15) is 37.5 Å². The quantitative estimate of drug-likeness (QED) is 0.122. The maximum absolute atomic E-state index is 12.9. The molecule has 204 valence electrons. The second-order valence-corrected chi connectivity index (χ2v) is 9.90. The van der Waals surface area contributed by atoms with Crippen LogP contribution in [-0.2, 0) is 35.8 Å². The predicted molar refractivity (Wildman–Crippen MR) is 143 cm³/mol. The Morgan fingerprint density at radius 2 is 1.73 bits per heavy atom. The van der Waals surface area contributed by atoms with Crippen molar-refractivity contribution < 1.29 is 27.8 Å². The minimum atomic E-state index is -3.23. The van der Waals surface area contributed by atoms with Gasteiger partial charge < -0.3 is 33.9 Å². The first-order valence-electron chi connectivity index (χ1n) is 12.1. The second kappa shape index (κ2) is 15.3. The number of aromatic nitrogens is 1. The zero-order chi connectivity index (χ0) is 27.3. The van der Waals surface area contributed by atoms with Gasteiger partial charge in [-0.1, -0.05) is 24.3 Å². The summed E-state index contributed by atoms with van der Waals surface area (Å²) in [5.41, 5.74) is 9.22. The number of hydrogen-bond acceptors (Lipinski definition) is 11. The van der Waals surface area contributed by atoms with Gasteiger partial charge in [0.05, 0.1) is 44.8 Å². The van der Waals surface area contributed by atoms with Gasteiger partial charge in [-0.3, -0.25) is 4.57 Å². The Balaban J connectivity index is 2.41. The van der Waals surface area contributed by atoms with E-state index >= 15 is 0 Å². The highest BCUT2D eigenvalue weighted by Crippen LogP contribution is 2.51. The van der Waals surface area contributed by atoms with Crippen molar-refractivity contribution in [3.63, 3.8) is 0 Å². The molecular formula is C25H37N4O7P. The standard InChI is InChI=1S/C25H37N4O7P/c1-6-33-24(16-27-30)29(22-15-23(34-14-13-32-5)28-25(26)19(22)4)17-20-9-11-21(12-10-20)18-37(31,35-7-2)36-8-3/h9-12,15-16H,6-8,13-14,17-18H2,1-5H3,(H2,26,28). The lowest BCUT2D eigenvalue weighted by Crippen LogP contribution is -2.25. The first-order chi connectivity index (χ1) is 17.8. The Labute approximate surface area is 218 Å². The summed E-state index contributed by atoms with van der Waals surface area (Å²) < 4.78 is 40.2. The lowest BCUT2D eigenvalue weighted by molar-refractivity contribution is 0.144. The molecule has 1 aromatic carbocycles. The molecule has 0 unspecified atom stereocenters. The zero-order valence-corrected chi connectivity index (χ0v) is 23.0. The number of nitrogens with zero attached hydrogens (tertiary/aromatic N) is 3. The van der Waals surface area contributed by atoms with Crippen LogP contribution in [0, 0.1) is 11.8 Å². The summed E-state index contributed by atoms with van der Waals surface area (Å²) in [6.07, 6.45) is 1.28. The molecule has 0 aliphatic carbocycles. The van der Waals surface area contributed by atoms with Crippen molar-refractivity contribution in [2.24, 2.45) is 5.18 Å². The number of ether oxygens (including phenoxy) is 3. The summed E-state index contributed by atoms with van der Waals surface area (Å²) in [7, 11) is -1.65. The van der Waals surface area contributed by atoms with E-state index in [-0.39, 0.29) is 17.9 Å². The van der Waals surface area contributed by atoms with Gasteiger partial charge in [-0.15, -0.1) is 4.91 Å². The molecule has 12 heteroatoms. The van der Waals surface area contributed by atoms with Gasteiger partial charge in [-0.05, 0) is 44.0 Å². The van der Waals surface area contributed by atoms with E-state index in [1.807, 2.05) is 38.1 Å². The molecule has 0 bridgehead atoms. The number of hydrogen-bond donors (Lipinski definition) is 1. The number of nitrogen functional groups attached to an aromatic ring is 1. The zero-order valence-electron chi connectivity index (χ0n) is 22.1. The lowest BCUT2D eigenvalue weighted by Gasteiger charge is -2.28. The van der Waals surface area contributed by atoms with E-state index in [1.165, 1.54) is 0 Å². The summed E-state index contributed by atoms with van der Waals surface area (Å²) in [4.78, 5) is 17.3. The van der Waals surface area contributed by atoms with E-state index in [0.29, 0.717) is 56.7 Å². The predicted octanol–water partition coefficient (Wildman–Crippen LogP) is 5.37. The van der Waals surface area contributed by atoms with Crippen LogP contribution in [-0.4, -0.2) is 45.1 Å². The normalized spacial score (nSPS) is 11.9. The Bertz CT molecular complexity index is 1070. The van der Waals surface area contributed by atoms with Gasteiger partial charge in [-0.2, -0.15) is 4.98 Å². The number of anilines is 2. The molecule has 2 rings (SSSR count). The van der Waals surface area contributed by atoms with Crippen LogP contribution in [0.25, 0.3) is 0 Å². The highest BCUT2D eigenvalue weighted by molar-refractivity contribution is 7.53. The molecule has 0 fully saturated rings. The highest BCUT2D eigenvalue weighted by Gasteiger charge is 2.24. The molecule has 11 nitrogen and oxygen atoms in total. The second-order valence-electron chi connectivity index (χ2n) is 7.84. The van der Waals surface area contributed by atoms with E-state index in [9.17, 15) is 9.47 Å². The molecule has 0 atom stereocenters. The third kappa shape index (κ3) is 9.12. The topological polar surface area (TPSA) is 135 Å². The summed E-state index contributed by atoms with van der Waals surface area (Å²) in [5.74, 6) is 0.839. The Hall–Kier alpha value is -2.98. The van der Waals surface area contributed by atoms with Gasteiger partial charge in [0.15, 0.2) is 0 Å². The van der Waals surface area contributed by atoms with Crippen LogP contribution in [0.4, 0.5) is 11.5 Å². The van der Waals surface area contributed by atoms with E-state index in [0.717, 1.165) is 17.3 Å². The lowest BCUT2D eigenvalue weighted by atomic mass is 10.1. The van der Waals surface area contributed by atoms with Crippen molar-refractivity contribution in [2.75, 3.05) is 50.8 Å². The van der Waals surface area contributed by atoms with Gasteiger partial charge in [0.2, 0.25) is 11.8 Å². The number of benzene rings is 1.